The highest BCUT2D eigenvalue weighted by molar-refractivity contribution is 6.04. The smallest absolute Gasteiger partial charge is 0.250 e. The number of amides is 2. The number of carbonyl (C=O) groups excluding carboxylic acids is 2. The molecule has 0 heterocycles. The molecule has 0 bridgehead atoms. The number of primary amides is 1. The molecule has 5 heteroatoms. The van der Waals surface area contributed by atoms with Gasteiger partial charge >= 0.3 is 0 Å². The summed E-state index contributed by atoms with van der Waals surface area (Å²) in [5.74, 6) is -0.949. The molecule has 108 valence electrons. The fourth-order valence-corrected chi connectivity index (χ4v) is 1.99. The highest BCUT2D eigenvalue weighted by atomic mass is 16.2. The van der Waals surface area contributed by atoms with Crippen molar-refractivity contribution in [2.24, 2.45) is 11.5 Å². The average molecular weight is 283 g/mol. The molecular formula is C16H17N3O2. The highest BCUT2D eigenvalue weighted by Crippen LogP contribution is 2.14. The zero-order valence-corrected chi connectivity index (χ0v) is 11.5. The molecule has 0 aromatic heterocycles. The summed E-state index contributed by atoms with van der Waals surface area (Å²) >= 11 is 0. The second kappa shape index (κ2) is 6.67. The maximum Gasteiger partial charge on any atom is 0.250 e. The van der Waals surface area contributed by atoms with Gasteiger partial charge in [0.1, 0.15) is 0 Å². The Hall–Kier alpha value is -2.66. The van der Waals surface area contributed by atoms with Gasteiger partial charge in [-0.05, 0) is 24.1 Å². The standard InChI is InChI=1S/C16H17N3O2/c17-13(10-11-6-2-1-3-7-11)16(21)19-14-9-5-4-8-12(14)15(18)20/h1-9,13H,10,17H2,(H2,18,20)(H,19,21)/t13-/m0/s1. The number of hydrogen-bond acceptors (Lipinski definition) is 3. The predicted molar refractivity (Wildman–Crippen MR) is 81.7 cm³/mol. The van der Waals surface area contributed by atoms with Gasteiger partial charge in [-0.25, -0.2) is 0 Å². The lowest BCUT2D eigenvalue weighted by Crippen LogP contribution is -2.37. The number of nitrogens with one attached hydrogen (secondary N) is 1. The van der Waals surface area contributed by atoms with E-state index in [-0.39, 0.29) is 11.5 Å². The molecule has 0 aliphatic carbocycles. The van der Waals surface area contributed by atoms with E-state index in [2.05, 4.69) is 5.32 Å². The molecular weight excluding hydrogens is 266 g/mol. The van der Waals surface area contributed by atoms with Gasteiger partial charge in [-0.15, -0.1) is 0 Å². The van der Waals surface area contributed by atoms with E-state index in [1.54, 1.807) is 24.3 Å². The van der Waals surface area contributed by atoms with Crippen molar-refractivity contribution in [1.82, 2.24) is 0 Å². The van der Waals surface area contributed by atoms with Crippen LogP contribution in [0.15, 0.2) is 54.6 Å². The fraction of sp³-hybridized carbons (Fsp3) is 0.125. The second-order valence-electron chi connectivity index (χ2n) is 4.70. The van der Waals surface area contributed by atoms with Gasteiger partial charge in [0, 0.05) is 0 Å². The largest absolute Gasteiger partial charge is 0.366 e. The zero-order valence-electron chi connectivity index (χ0n) is 11.5. The number of carbonyl (C=O) groups is 2. The number of para-hydroxylation sites is 1. The van der Waals surface area contributed by atoms with Gasteiger partial charge in [-0.1, -0.05) is 42.5 Å². The molecule has 5 nitrogen and oxygen atoms in total. The third-order valence-corrected chi connectivity index (χ3v) is 3.09. The van der Waals surface area contributed by atoms with Crippen LogP contribution in [0, 0.1) is 0 Å². The van der Waals surface area contributed by atoms with Gasteiger partial charge in [-0.3, -0.25) is 9.59 Å². The van der Waals surface area contributed by atoms with Crippen molar-refractivity contribution < 1.29 is 9.59 Å². The van der Waals surface area contributed by atoms with Crippen LogP contribution in [0.4, 0.5) is 5.69 Å². The SMILES string of the molecule is NC(=O)c1ccccc1NC(=O)[C@@H](N)Cc1ccccc1. The van der Waals surface area contributed by atoms with E-state index in [0.29, 0.717) is 12.1 Å². The molecule has 0 fully saturated rings. The Labute approximate surface area is 123 Å². The van der Waals surface area contributed by atoms with Crippen LogP contribution in [-0.2, 0) is 11.2 Å². The molecule has 0 spiro atoms. The first-order valence-corrected chi connectivity index (χ1v) is 6.57. The van der Waals surface area contributed by atoms with Crippen molar-refractivity contribution in [2.45, 2.75) is 12.5 Å². The molecule has 0 unspecified atom stereocenters. The summed E-state index contributed by atoms with van der Waals surface area (Å²) in [4.78, 5) is 23.4. The van der Waals surface area contributed by atoms with Crippen molar-refractivity contribution in [3.05, 3.63) is 65.7 Å². The highest BCUT2D eigenvalue weighted by Gasteiger charge is 2.16. The lowest BCUT2D eigenvalue weighted by Gasteiger charge is -2.14. The van der Waals surface area contributed by atoms with Crippen LogP contribution in [-0.4, -0.2) is 17.9 Å². The lowest BCUT2D eigenvalue weighted by molar-refractivity contribution is -0.117. The molecule has 0 saturated carbocycles. The summed E-state index contributed by atoms with van der Waals surface area (Å²) in [5.41, 5.74) is 12.8. The van der Waals surface area contributed by atoms with Crippen LogP contribution < -0.4 is 16.8 Å². The first kappa shape index (κ1) is 14.7. The summed E-state index contributed by atoms with van der Waals surface area (Å²) in [6.45, 7) is 0. The van der Waals surface area contributed by atoms with Crippen LogP contribution in [0.5, 0.6) is 0 Å². The Morgan fingerprint density at radius 2 is 1.62 bits per heavy atom. The molecule has 21 heavy (non-hydrogen) atoms. The number of nitrogens with two attached hydrogens (primary N) is 2. The van der Waals surface area contributed by atoms with Gasteiger partial charge in [0.15, 0.2) is 0 Å². The van der Waals surface area contributed by atoms with Gasteiger partial charge in [-0.2, -0.15) is 0 Å². The van der Waals surface area contributed by atoms with Crippen LogP contribution in [0.2, 0.25) is 0 Å². The van der Waals surface area contributed by atoms with E-state index in [1.807, 2.05) is 30.3 Å². The third-order valence-electron chi connectivity index (χ3n) is 3.09. The molecule has 2 aromatic carbocycles. The van der Waals surface area contributed by atoms with E-state index >= 15 is 0 Å². The fourth-order valence-electron chi connectivity index (χ4n) is 1.99. The Morgan fingerprint density at radius 1 is 1.00 bits per heavy atom. The van der Waals surface area contributed by atoms with Gasteiger partial charge in [0.25, 0.3) is 5.91 Å². The monoisotopic (exact) mass is 283 g/mol. The summed E-state index contributed by atoms with van der Waals surface area (Å²) in [7, 11) is 0. The predicted octanol–water partition coefficient (Wildman–Crippen LogP) is 1.29. The first-order valence-electron chi connectivity index (χ1n) is 6.57. The van der Waals surface area contributed by atoms with Crippen molar-refractivity contribution in [3.63, 3.8) is 0 Å². The summed E-state index contributed by atoms with van der Waals surface area (Å²) < 4.78 is 0. The number of hydrogen-bond donors (Lipinski definition) is 3. The van der Waals surface area contributed by atoms with Crippen LogP contribution in [0.1, 0.15) is 15.9 Å². The third kappa shape index (κ3) is 3.90. The van der Waals surface area contributed by atoms with E-state index < -0.39 is 11.9 Å². The molecule has 0 aliphatic heterocycles. The maximum atomic E-state index is 12.1. The average Bonchev–Trinajstić information content (AvgIpc) is 2.48. The molecule has 2 rings (SSSR count). The normalized spacial score (nSPS) is 11.7. The summed E-state index contributed by atoms with van der Waals surface area (Å²) in [6.07, 6.45) is 0.422. The van der Waals surface area contributed by atoms with E-state index in [1.165, 1.54) is 0 Å². The van der Waals surface area contributed by atoms with Gasteiger partial charge in [0.2, 0.25) is 5.91 Å². The Morgan fingerprint density at radius 3 is 2.29 bits per heavy atom. The number of anilines is 1. The van der Waals surface area contributed by atoms with Crippen molar-refractivity contribution >= 4 is 17.5 Å². The Bertz CT molecular complexity index is 641. The Kier molecular flexibility index (Phi) is 4.68. The van der Waals surface area contributed by atoms with Gasteiger partial charge in [0.05, 0.1) is 17.3 Å². The van der Waals surface area contributed by atoms with Crippen molar-refractivity contribution in [2.75, 3.05) is 5.32 Å². The van der Waals surface area contributed by atoms with E-state index in [9.17, 15) is 9.59 Å². The molecule has 2 aromatic rings. The van der Waals surface area contributed by atoms with E-state index in [0.717, 1.165) is 5.56 Å². The van der Waals surface area contributed by atoms with E-state index in [4.69, 9.17) is 11.5 Å². The van der Waals surface area contributed by atoms with Crippen molar-refractivity contribution in [1.29, 1.82) is 0 Å². The quantitative estimate of drug-likeness (QED) is 0.771. The zero-order chi connectivity index (χ0) is 15.2. The minimum absolute atomic E-state index is 0.262. The van der Waals surface area contributed by atoms with Crippen LogP contribution >= 0.6 is 0 Å². The molecule has 1 atom stereocenters. The van der Waals surface area contributed by atoms with Gasteiger partial charge < -0.3 is 16.8 Å². The summed E-state index contributed by atoms with van der Waals surface area (Å²) in [6, 6.07) is 15.4. The van der Waals surface area contributed by atoms with Crippen LogP contribution in [0.3, 0.4) is 0 Å². The number of rotatable bonds is 5. The first-order chi connectivity index (χ1) is 10.1. The summed E-state index contributed by atoms with van der Waals surface area (Å²) in [5, 5.41) is 2.65. The molecule has 0 radical (unpaired) electrons. The maximum absolute atomic E-state index is 12.1. The number of benzene rings is 2. The molecule has 0 aliphatic rings. The molecule has 0 saturated heterocycles. The molecule has 5 N–H and O–H groups in total. The topological polar surface area (TPSA) is 98.2 Å². The second-order valence-corrected chi connectivity index (χ2v) is 4.70. The Balaban J connectivity index is 2.06. The van der Waals surface area contributed by atoms with Crippen LogP contribution in [0.25, 0.3) is 0 Å². The van der Waals surface area contributed by atoms with Crippen molar-refractivity contribution in [3.8, 4) is 0 Å². The minimum atomic E-state index is -0.701. The lowest BCUT2D eigenvalue weighted by atomic mass is 10.1. The minimum Gasteiger partial charge on any atom is -0.366 e. The molecule has 2 amide bonds.